The molecule has 0 spiro atoms. The van der Waals surface area contributed by atoms with Gasteiger partial charge in [-0.2, -0.15) is 0 Å². The lowest BCUT2D eigenvalue weighted by Crippen LogP contribution is -2.23. The third kappa shape index (κ3) is 2.02. The lowest BCUT2D eigenvalue weighted by atomic mass is 9.99. The Morgan fingerprint density at radius 2 is 2.16 bits per heavy atom. The van der Waals surface area contributed by atoms with E-state index in [1.807, 2.05) is 38.4 Å². The standard InChI is InChI=1S/C15H17NO3/c1-16(2)14(10-7-11(10)15(17)18)12-8-19-13-6-4-3-5-9(12)13/h3-6,8,10-11,14H,7H2,1-2H3,(H,17,18). The molecular weight excluding hydrogens is 242 g/mol. The first kappa shape index (κ1) is 12.2. The molecule has 1 fully saturated rings. The van der Waals surface area contributed by atoms with Crippen LogP contribution in [0.1, 0.15) is 18.0 Å². The number of carbonyl (C=O) groups is 1. The summed E-state index contributed by atoms with van der Waals surface area (Å²) in [6, 6.07) is 7.99. The average Bonchev–Trinajstić information content (AvgIpc) is 3.04. The second-order valence-corrected chi connectivity index (χ2v) is 5.44. The highest BCUT2D eigenvalue weighted by Gasteiger charge is 2.49. The molecule has 2 aromatic rings. The van der Waals surface area contributed by atoms with Crippen molar-refractivity contribution in [3.05, 3.63) is 36.1 Å². The Kier molecular flexibility index (Phi) is 2.82. The molecule has 3 rings (SSSR count). The Labute approximate surface area is 111 Å². The van der Waals surface area contributed by atoms with Crippen molar-refractivity contribution in [3.63, 3.8) is 0 Å². The lowest BCUT2D eigenvalue weighted by molar-refractivity contribution is -0.139. The summed E-state index contributed by atoms with van der Waals surface area (Å²) in [5.41, 5.74) is 1.95. The monoisotopic (exact) mass is 259 g/mol. The quantitative estimate of drug-likeness (QED) is 0.917. The summed E-state index contributed by atoms with van der Waals surface area (Å²) >= 11 is 0. The molecule has 3 unspecified atom stereocenters. The van der Waals surface area contributed by atoms with Crippen molar-refractivity contribution >= 4 is 16.9 Å². The molecule has 0 amide bonds. The number of fused-ring (bicyclic) bond motifs is 1. The zero-order valence-corrected chi connectivity index (χ0v) is 11.0. The van der Waals surface area contributed by atoms with E-state index in [9.17, 15) is 4.79 Å². The van der Waals surface area contributed by atoms with Crippen LogP contribution in [0.25, 0.3) is 11.0 Å². The minimum atomic E-state index is -0.690. The van der Waals surface area contributed by atoms with Gasteiger partial charge >= 0.3 is 5.97 Å². The number of hydrogen-bond donors (Lipinski definition) is 1. The fraction of sp³-hybridized carbons (Fsp3) is 0.400. The Morgan fingerprint density at radius 3 is 2.79 bits per heavy atom. The first-order valence-electron chi connectivity index (χ1n) is 6.45. The van der Waals surface area contributed by atoms with E-state index in [2.05, 4.69) is 4.90 Å². The number of nitrogens with zero attached hydrogens (tertiary/aromatic N) is 1. The van der Waals surface area contributed by atoms with E-state index in [-0.39, 0.29) is 17.9 Å². The number of aliphatic carboxylic acids is 1. The van der Waals surface area contributed by atoms with E-state index in [1.54, 1.807) is 6.26 Å². The summed E-state index contributed by atoms with van der Waals surface area (Å²) in [6.45, 7) is 0. The van der Waals surface area contributed by atoms with Gasteiger partial charge in [0.1, 0.15) is 5.58 Å². The molecule has 4 nitrogen and oxygen atoms in total. The zero-order valence-electron chi connectivity index (χ0n) is 11.0. The summed E-state index contributed by atoms with van der Waals surface area (Å²) in [6.07, 6.45) is 2.52. The van der Waals surface area contributed by atoms with Gasteiger partial charge in [0.05, 0.1) is 12.2 Å². The molecule has 0 aliphatic heterocycles. The summed E-state index contributed by atoms with van der Waals surface area (Å²) in [4.78, 5) is 13.2. The van der Waals surface area contributed by atoms with Crippen LogP contribution >= 0.6 is 0 Å². The van der Waals surface area contributed by atoms with Crippen molar-refractivity contribution in [1.82, 2.24) is 4.90 Å². The first-order valence-corrected chi connectivity index (χ1v) is 6.45. The third-order valence-corrected chi connectivity index (χ3v) is 3.95. The van der Waals surface area contributed by atoms with E-state index in [0.717, 1.165) is 23.0 Å². The number of rotatable bonds is 4. The molecule has 1 aromatic carbocycles. The van der Waals surface area contributed by atoms with Crippen LogP contribution in [0.15, 0.2) is 34.9 Å². The van der Waals surface area contributed by atoms with Crippen LogP contribution < -0.4 is 0 Å². The van der Waals surface area contributed by atoms with Gasteiger partial charge in [-0.1, -0.05) is 18.2 Å². The van der Waals surface area contributed by atoms with E-state index < -0.39 is 5.97 Å². The molecule has 1 aliphatic rings. The highest BCUT2D eigenvalue weighted by Crippen LogP contribution is 2.50. The molecule has 100 valence electrons. The van der Waals surface area contributed by atoms with E-state index in [4.69, 9.17) is 9.52 Å². The normalized spacial score (nSPS) is 23.7. The highest BCUT2D eigenvalue weighted by atomic mass is 16.4. The van der Waals surface area contributed by atoms with Crippen LogP contribution in [0.4, 0.5) is 0 Å². The van der Waals surface area contributed by atoms with Crippen molar-refractivity contribution in [2.75, 3.05) is 14.1 Å². The predicted octanol–water partition coefficient (Wildman–Crippen LogP) is 2.76. The summed E-state index contributed by atoms with van der Waals surface area (Å²) in [5, 5.41) is 10.2. The van der Waals surface area contributed by atoms with Crippen molar-refractivity contribution in [2.24, 2.45) is 11.8 Å². The minimum Gasteiger partial charge on any atom is -0.481 e. The van der Waals surface area contributed by atoms with Gasteiger partial charge < -0.3 is 14.4 Å². The Morgan fingerprint density at radius 1 is 1.42 bits per heavy atom. The number of para-hydroxylation sites is 1. The van der Waals surface area contributed by atoms with Crippen molar-refractivity contribution in [1.29, 1.82) is 0 Å². The maximum Gasteiger partial charge on any atom is 0.306 e. The van der Waals surface area contributed by atoms with Gasteiger partial charge in [-0.3, -0.25) is 4.79 Å². The topological polar surface area (TPSA) is 53.7 Å². The number of hydrogen-bond acceptors (Lipinski definition) is 3. The fourth-order valence-electron chi connectivity index (χ4n) is 2.97. The van der Waals surface area contributed by atoms with Gasteiger partial charge in [0.2, 0.25) is 0 Å². The number of furan rings is 1. The summed E-state index contributed by atoms with van der Waals surface area (Å²) in [5.74, 6) is -0.737. The van der Waals surface area contributed by atoms with Gasteiger partial charge in [0.15, 0.2) is 0 Å². The molecule has 4 heteroatoms. The van der Waals surface area contributed by atoms with E-state index in [0.29, 0.717) is 0 Å². The Bertz CT molecular complexity index is 617. The number of carboxylic acids is 1. The van der Waals surface area contributed by atoms with Crippen molar-refractivity contribution < 1.29 is 14.3 Å². The minimum absolute atomic E-state index is 0.102. The van der Waals surface area contributed by atoms with E-state index in [1.165, 1.54) is 0 Å². The van der Waals surface area contributed by atoms with Crippen LogP contribution in [0, 0.1) is 11.8 Å². The summed E-state index contributed by atoms with van der Waals surface area (Å²) in [7, 11) is 3.98. The number of carboxylic acid groups (broad SMARTS) is 1. The predicted molar refractivity (Wildman–Crippen MR) is 71.9 cm³/mol. The molecule has 0 radical (unpaired) electrons. The Hall–Kier alpha value is -1.81. The molecule has 19 heavy (non-hydrogen) atoms. The van der Waals surface area contributed by atoms with Gasteiger partial charge in [0.25, 0.3) is 0 Å². The smallest absolute Gasteiger partial charge is 0.306 e. The van der Waals surface area contributed by atoms with Crippen LogP contribution in [-0.2, 0) is 4.79 Å². The molecule has 1 N–H and O–H groups in total. The number of benzene rings is 1. The highest BCUT2D eigenvalue weighted by molar-refractivity contribution is 5.82. The SMILES string of the molecule is CN(C)C(c1coc2ccccc12)C1CC1C(=O)O. The van der Waals surface area contributed by atoms with Crippen molar-refractivity contribution in [3.8, 4) is 0 Å². The third-order valence-electron chi connectivity index (χ3n) is 3.95. The van der Waals surface area contributed by atoms with Crippen LogP contribution in [0.2, 0.25) is 0 Å². The zero-order chi connectivity index (χ0) is 13.6. The second-order valence-electron chi connectivity index (χ2n) is 5.44. The van der Waals surface area contributed by atoms with Crippen molar-refractivity contribution in [2.45, 2.75) is 12.5 Å². The molecule has 0 bridgehead atoms. The Balaban J connectivity index is 1.99. The molecule has 1 aliphatic carbocycles. The molecule has 1 saturated carbocycles. The van der Waals surface area contributed by atoms with Gasteiger partial charge in [-0.15, -0.1) is 0 Å². The van der Waals surface area contributed by atoms with Crippen LogP contribution in [0.5, 0.6) is 0 Å². The fourth-order valence-corrected chi connectivity index (χ4v) is 2.97. The maximum absolute atomic E-state index is 11.1. The van der Waals surface area contributed by atoms with E-state index >= 15 is 0 Å². The van der Waals surface area contributed by atoms with Gasteiger partial charge in [0, 0.05) is 17.0 Å². The van der Waals surface area contributed by atoms with Gasteiger partial charge in [-0.25, -0.2) is 0 Å². The molecule has 3 atom stereocenters. The second kappa shape index (κ2) is 4.38. The first-order chi connectivity index (χ1) is 9.09. The molecule has 0 saturated heterocycles. The lowest BCUT2D eigenvalue weighted by Gasteiger charge is -2.23. The van der Waals surface area contributed by atoms with Gasteiger partial charge in [-0.05, 0) is 32.5 Å². The molecule has 1 heterocycles. The average molecular weight is 259 g/mol. The molecular formula is C15H17NO3. The largest absolute Gasteiger partial charge is 0.481 e. The summed E-state index contributed by atoms with van der Waals surface area (Å²) < 4.78 is 5.58. The molecule has 1 aromatic heterocycles. The maximum atomic E-state index is 11.1. The van der Waals surface area contributed by atoms with Crippen LogP contribution in [-0.4, -0.2) is 30.1 Å². The van der Waals surface area contributed by atoms with Crippen LogP contribution in [0.3, 0.4) is 0 Å².